The first-order valence-corrected chi connectivity index (χ1v) is 9.27. The van der Waals surface area contributed by atoms with Gasteiger partial charge in [-0.2, -0.15) is 0 Å². The van der Waals surface area contributed by atoms with Gasteiger partial charge in [0.25, 0.3) is 0 Å². The largest absolute Gasteiger partial charge is 0.504 e. The first-order chi connectivity index (χ1) is 12.7. The quantitative estimate of drug-likeness (QED) is 0.334. The summed E-state index contributed by atoms with van der Waals surface area (Å²) < 4.78 is 16.2. The third-order valence-electron chi connectivity index (χ3n) is 4.19. The van der Waals surface area contributed by atoms with Crippen LogP contribution in [-0.2, 0) is 16.0 Å². The van der Waals surface area contributed by atoms with E-state index < -0.39 is 0 Å². The predicted molar refractivity (Wildman–Crippen MR) is 102 cm³/mol. The molecule has 0 aromatic heterocycles. The molecule has 1 aromatic rings. The lowest BCUT2D eigenvalue weighted by Gasteiger charge is -2.13. The first-order valence-electron chi connectivity index (χ1n) is 9.27. The summed E-state index contributed by atoms with van der Waals surface area (Å²) in [5.41, 5.74) is 0.726. The van der Waals surface area contributed by atoms with E-state index in [2.05, 4.69) is 15.6 Å². The average molecular weight is 365 g/mol. The van der Waals surface area contributed by atoms with E-state index in [1.54, 1.807) is 6.07 Å². The number of nitrogens with one attached hydrogen (secondary N) is 2. The summed E-state index contributed by atoms with van der Waals surface area (Å²) in [6, 6.07) is 5.41. The Morgan fingerprint density at radius 1 is 1.38 bits per heavy atom. The molecule has 26 heavy (non-hydrogen) atoms. The second-order valence-electron chi connectivity index (χ2n) is 6.25. The summed E-state index contributed by atoms with van der Waals surface area (Å²) in [4.78, 5) is 4.52. The van der Waals surface area contributed by atoms with Crippen LogP contribution in [0.3, 0.4) is 0 Å². The molecule has 1 aliphatic heterocycles. The Bertz CT molecular complexity index is 560. The summed E-state index contributed by atoms with van der Waals surface area (Å²) >= 11 is 0. The Labute approximate surface area is 155 Å². The van der Waals surface area contributed by atoms with E-state index in [0.29, 0.717) is 18.2 Å². The van der Waals surface area contributed by atoms with Gasteiger partial charge in [-0.25, -0.2) is 4.99 Å². The van der Waals surface area contributed by atoms with Crippen LogP contribution in [0.4, 0.5) is 0 Å². The molecule has 3 N–H and O–H groups in total. The van der Waals surface area contributed by atoms with Gasteiger partial charge in [-0.15, -0.1) is 0 Å². The van der Waals surface area contributed by atoms with Crippen LogP contribution >= 0.6 is 0 Å². The number of para-hydroxylation sites is 1. The van der Waals surface area contributed by atoms with Crippen LogP contribution < -0.4 is 15.4 Å². The number of aromatic hydroxyl groups is 1. The molecule has 146 valence electrons. The maximum Gasteiger partial charge on any atom is 0.191 e. The molecule has 7 nitrogen and oxygen atoms in total. The zero-order valence-corrected chi connectivity index (χ0v) is 15.8. The Hall–Kier alpha value is -1.99. The number of hydrogen-bond donors (Lipinski definition) is 3. The molecule has 1 atom stereocenters. The van der Waals surface area contributed by atoms with Crippen molar-refractivity contribution in [2.24, 2.45) is 10.9 Å². The van der Waals surface area contributed by atoms with Gasteiger partial charge in [-0.1, -0.05) is 12.1 Å². The fourth-order valence-electron chi connectivity index (χ4n) is 2.71. The maximum atomic E-state index is 10.1. The molecular weight excluding hydrogens is 334 g/mol. The van der Waals surface area contributed by atoms with Crippen molar-refractivity contribution >= 4 is 5.96 Å². The highest BCUT2D eigenvalue weighted by molar-refractivity contribution is 5.79. The van der Waals surface area contributed by atoms with Crippen molar-refractivity contribution in [2.45, 2.75) is 26.3 Å². The van der Waals surface area contributed by atoms with Gasteiger partial charge >= 0.3 is 0 Å². The second-order valence-corrected chi connectivity index (χ2v) is 6.25. The van der Waals surface area contributed by atoms with Crippen LogP contribution in [0.25, 0.3) is 0 Å². The van der Waals surface area contributed by atoms with E-state index in [1.807, 2.05) is 19.1 Å². The van der Waals surface area contributed by atoms with Crippen LogP contribution in [0, 0.1) is 5.92 Å². The number of guanidine groups is 1. The lowest BCUT2D eigenvalue weighted by atomic mass is 10.1. The lowest BCUT2D eigenvalue weighted by molar-refractivity contribution is 0.0888. The monoisotopic (exact) mass is 365 g/mol. The normalized spacial score (nSPS) is 17.3. The minimum atomic E-state index is 0.138. The van der Waals surface area contributed by atoms with Crippen LogP contribution in [0.15, 0.2) is 23.2 Å². The number of aliphatic imine (C=N–C) groups is 1. The highest BCUT2D eigenvalue weighted by Crippen LogP contribution is 2.29. The molecular formula is C19H31N3O4. The van der Waals surface area contributed by atoms with E-state index in [9.17, 15) is 5.11 Å². The van der Waals surface area contributed by atoms with E-state index in [-0.39, 0.29) is 5.75 Å². The van der Waals surface area contributed by atoms with E-state index in [1.165, 1.54) is 7.11 Å². The molecule has 0 aliphatic carbocycles. The summed E-state index contributed by atoms with van der Waals surface area (Å²) in [6.07, 6.45) is 2.01. The number of benzene rings is 1. The van der Waals surface area contributed by atoms with Gasteiger partial charge in [0.2, 0.25) is 0 Å². The summed E-state index contributed by atoms with van der Waals surface area (Å²) in [6.45, 7) is 7.13. The zero-order chi connectivity index (χ0) is 18.6. The van der Waals surface area contributed by atoms with Gasteiger partial charge in [0, 0.05) is 37.8 Å². The summed E-state index contributed by atoms with van der Waals surface area (Å²) in [5.74, 6) is 1.87. The third kappa shape index (κ3) is 6.72. The van der Waals surface area contributed by atoms with E-state index in [0.717, 1.165) is 63.9 Å². The standard InChI is InChI=1S/C19H31N3O4/c1-3-20-19(21-9-5-10-25-13-15-8-11-26-14-15)22-12-16-6-4-7-17(24-2)18(16)23/h4,6-7,15,23H,3,5,8-14H2,1-2H3,(H2,20,21,22). The van der Waals surface area contributed by atoms with Gasteiger partial charge in [-0.3, -0.25) is 0 Å². The van der Waals surface area contributed by atoms with E-state index >= 15 is 0 Å². The fourth-order valence-corrected chi connectivity index (χ4v) is 2.71. The van der Waals surface area contributed by atoms with E-state index in [4.69, 9.17) is 14.2 Å². The molecule has 0 spiro atoms. The average Bonchev–Trinajstić information content (AvgIpc) is 3.17. The lowest BCUT2D eigenvalue weighted by Crippen LogP contribution is -2.38. The van der Waals surface area contributed by atoms with Crippen molar-refractivity contribution < 1.29 is 19.3 Å². The van der Waals surface area contributed by atoms with Crippen LogP contribution in [0.1, 0.15) is 25.3 Å². The molecule has 1 saturated heterocycles. The number of phenols is 1. The molecule has 0 bridgehead atoms. The molecule has 1 aromatic carbocycles. The third-order valence-corrected chi connectivity index (χ3v) is 4.19. The van der Waals surface area contributed by atoms with Crippen molar-refractivity contribution in [3.63, 3.8) is 0 Å². The smallest absolute Gasteiger partial charge is 0.191 e. The number of ether oxygens (including phenoxy) is 3. The number of methoxy groups -OCH3 is 1. The Morgan fingerprint density at radius 3 is 3.00 bits per heavy atom. The van der Waals surface area contributed by atoms with Crippen LogP contribution in [0.2, 0.25) is 0 Å². The number of rotatable bonds is 10. The minimum absolute atomic E-state index is 0.138. The fraction of sp³-hybridized carbons (Fsp3) is 0.632. The SMILES string of the molecule is CCNC(=NCc1cccc(OC)c1O)NCCCOCC1CCOC1. The van der Waals surface area contributed by atoms with Crippen molar-refractivity contribution in [2.75, 3.05) is 46.6 Å². The van der Waals surface area contributed by atoms with Crippen molar-refractivity contribution in [1.29, 1.82) is 0 Å². The molecule has 2 rings (SSSR count). The molecule has 1 aliphatic rings. The van der Waals surface area contributed by atoms with Crippen LogP contribution in [0.5, 0.6) is 11.5 Å². The van der Waals surface area contributed by atoms with Gasteiger partial charge in [-0.05, 0) is 25.8 Å². The second kappa shape index (κ2) is 11.6. The van der Waals surface area contributed by atoms with Gasteiger partial charge in [0.1, 0.15) is 0 Å². The topological polar surface area (TPSA) is 84.3 Å². The van der Waals surface area contributed by atoms with Crippen molar-refractivity contribution in [3.8, 4) is 11.5 Å². The molecule has 1 fully saturated rings. The van der Waals surface area contributed by atoms with Crippen LogP contribution in [-0.4, -0.2) is 57.7 Å². The predicted octanol–water partition coefficient (Wildman–Crippen LogP) is 1.90. The molecule has 1 unspecified atom stereocenters. The minimum Gasteiger partial charge on any atom is -0.504 e. The first kappa shape index (κ1) is 20.3. The maximum absolute atomic E-state index is 10.1. The highest BCUT2D eigenvalue weighted by Gasteiger charge is 2.15. The molecule has 0 radical (unpaired) electrons. The molecule has 1 heterocycles. The van der Waals surface area contributed by atoms with Gasteiger partial charge < -0.3 is 30.0 Å². The molecule has 7 heteroatoms. The number of phenolic OH excluding ortho intramolecular Hbond substituents is 1. The Morgan fingerprint density at radius 2 is 2.27 bits per heavy atom. The number of hydrogen-bond acceptors (Lipinski definition) is 5. The highest BCUT2D eigenvalue weighted by atomic mass is 16.5. The number of nitrogens with zero attached hydrogens (tertiary/aromatic N) is 1. The van der Waals surface area contributed by atoms with Gasteiger partial charge in [0.15, 0.2) is 17.5 Å². The molecule has 0 saturated carbocycles. The Balaban J connectivity index is 1.72. The van der Waals surface area contributed by atoms with Crippen molar-refractivity contribution in [1.82, 2.24) is 10.6 Å². The van der Waals surface area contributed by atoms with Crippen molar-refractivity contribution in [3.05, 3.63) is 23.8 Å². The summed E-state index contributed by atoms with van der Waals surface area (Å²) in [7, 11) is 1.54. The summed E-state index contributed by atoms with van der Waals surface area (Å²) in [5, 5.41) is 16.6. The Kier molecular flexibility index (Phi) is 9.06. The zero-order valence-electron chi connectivity index (χ0n) is 15.8. The molecule has 0 amide bonds. The van der Waals surface area contributed by atoms with Gasteiger partial charge in [0.05, 0.1) is 26.9 Å².